The first-order chi connectivity index (χ1) is 9.63. The van der Waals surface area contributed by atoms with E-state index in [0.717, 1.165) is 31.7 Å². The van der Waals surface area contributed by atoms with Gasteiger partial charge in [0.25, 0.3) is 0 Å². The highest BCUT2D eigenvalue weighted by Gasteiger charge is 2.02. The van der Waals surface area contributed by atoms with E-state index < -0.39 is 0 Å². The van der Waals surface area contributed by atoms with Crippen molar-refractivity contribution in [3.05, 3.63) is 35.4 Å². The first kappa shape index (κ1) is 16.6. The third-order valence-electron chi connectivity index (χ3n) is 2.95. The third kappa shape index (κ3) is 6.65. The standard InChI is InChI=1S/C15H25N3O2/c1-18(7-4-8-20-10-9-19-2)12-13-5-3-6-14(11-13)15(16)17/h3,5-6,11H,4,7-10,12H2,1-2H3,(H3,16,17). The van der Waals surface area contributed by atoms with Crippen molar-refractivity contribution in [2.45, 2.75) is 13.0 Å². The fraction of sp³-hybridized carbons (Fsp3) is 0.533. The topological polar surface area (TPSA) is 71.6 Å². The van der Waals surface area contributed by atoms with Crippen LogP contribution in [-0.4, -0.2) is 51.3 Å². The summed E-state index contributed by atoms with van der Waals surface area (Å²) in [4.78, 5) is 2.24. The van der Waals surface area contributed by atoms with Crippen LogP contribution in [-0.2, 0) is 16.0 Å². The van der Waals surface area contributed by atoms with Gasteiger partial charge in [-0.05, 0) is 25.1 Å². The molecule has 0 aliphatic heterocycles. The van der Waals surface area contributed by atoms with Gasteiger partial charge in [0.1, 0.15) is 5.84 Å². The Morgan fingerprint density at radius 3 is 2.80 bits per heavy atom. The molecule has 20 heavy (non-hydrogen) atoms. The van der Waals surface area contributed by atoms with E-state index in [0.29, 0.717) is 13.2 Å². The molecule has 0 atom stereocenters. The monoisotopic (exact) mass is 279 g/mol. The zero-order valence-corrected chi connectivity index (χ0v) is 12.4. The number of amidine groups is 1. The predicted molar refractivity (Wildman–Crippen MR) is 81.1 cm³/mol. The third-order valence-corrected chi connectivity index (χ3v) is 2.95. The van der Waals surface area contributed by atoms with Crippen LogP contribution in [0, 0.1) is 5.41 Å². The first-order valence-electron chi connectivity index (χ1n) is 6.82. The van der Waals surface area contributed by atoms with Crippen molar-refractivity contribution >= 4 is 5.84 Å². The van der Waals surface area contributed by atoms with Crippen LogP contribution in [0.1, 0.15) is 17.5 Å². The van der Waals surface area contributed by atoms with Gasteiger partial charge in [0, 0.05) is 32.4 Å². The second kappa shape index (κ2) is 9.47. The Morgan fingerprint density at radius 1 is 1.30 bits per heavy atom. The van der Waals surface area contributed by atoms with Gasteiger partial charge in [0.05, 0.1) is 13.2 Å². The second-order valence-corrected chi connectivity index (χ2v) is 4.81. The maximum Gasteiger partial charge on any atom is 0.122 e. The Bertz CT molecular complexity index is 410. The number of methoxy groups -OCH3 is 1. The molecule has 0 spiro atoms. The van der Waals surface area contributed by atoms with Gasteiger partial charge < -0.3 is 20.1 Å². The quantitative estimate of drug-likeness (QED) is 0.386. The molecule has 1 rings (SSSR count). The number of ether oxygens (including phenoxy) is 2. The smallest absolute Gasteiger partial charge is 0.122 e. The number of hydrogen-bond donors (Lipinski definition) is 2. The lowest BCUT2D eigenvalue weighted by Gasteiger charge is -2.17. The van der Waals surface area contributed by atoms with Crippen LogP contribution in [0.4, 0.5) is 0 Å². The van der Waals surface area contributed by atoms with Crippen molar-refractivity contribution in [3.63, 3.8) is 0 Å². The number of benzene rings is 1. The van der Waals surface area contributed by atoms with Crippen LogP contribution in [0.5, 0.6) is 0 Å². The Labute approximate surface area is 121 Å². The van der Waals surface area contributed by atoms with Gasteiger partial charge in [-0.2, -0.15) is 0 Å². The number of hydrogen-bond acceptors (Lipinski definition) is 4. The highest BCUT2D eigenvalue weighted by Crippen LogP contribution is 2.07. The molecule has 0 bridgehead atoms. The van der Waals surface area contributed by atoms with E-state index >= 15 is 0 Å². The molecule has 112 valence electrons. The van der Waals surface area contributed by atoms with Crippen molar-refractivity contribution in [2.75, 3.05) is 40.5 Å². The molecule has 0 saturated carbocycles. The molecule has 0 unspecified atom stereocenters. The fourth-order valence-corrected chi connectivity index (χ4v) is 1.91. The summed E-state index contributed by atoms with van der Waals surface area (Å²) < 4.78 is 10.3. The number of nitrogen functional groups attached to an aromatic ring is 1. The van der Waals surface area contributed by atoms with Crippen LogP contribution in [0.2, 0.25) is 0 Å². The molecular formula is C15H25N3O2. The average molecular weight is 279 g/mol. The molecule has 3 N–H and O–H groups in total. The van der Waals surface area contributed by atoms with Crippen molar-refractivity contribution in [2.24, 2.45) is 5.73 Å². The molecule has 1 aromatic rings. The minimum absolute atomic E-state index is 0.112. The van der Waals surface area contributed by atoms with E-state index in [9.17, 15) is 0 Å². The molecule has 0 radical (unpaired) electrons. The van der Waals surface area contributed by atoms with E-state index in [1.54, 1.807) is 7.11 Å². The zero-order chi connectivity index (χ0) is 14.8. The summed E-state index contributed by atoms with van der Waals surface area (Å²) in [7, 11) is 3.75. The van der Waals surface area contributed by atoms with Crippen LogP contribution in [0.25, 0.3) is 0 Å². The van der Waals surface area contributed by atoms with Gasteiger partial charge in [-0.25, -0.2) is 0 Å². The maximum absolute atomic E-state index is 7.44. The zero-order valence-electron chi connectivity index (χ0n) is 12.4. The van der Waals surface area contributed by atoms with Gasteiger partial charge >= 0.3 is 0 Å². The highest BCUT2D eigenvalue weighted by atomic mass is 16.5. The molecule has 0 fully saturated rings. The van der Waals surface area contributed by atoms with E-state index in [4.69, 9.17) is 20.6 Å². The summed E-state index contributed by atoms with van der Waals surface area (Å²) >= 11 is 0. The molecule has 0 heterocycles. The molecule has 0 aliphatic rings. The van der Waals surface area contributed by atoms with Crippen LogP contribution in [0.3, 0.4) is 0 Å². The predicted octanol–water partition coefficient (Wildman–Crippen LogP) is 1.46. The largest absolute Gasteiger partial charge is 0.384 e. The normalized spacial score (nSPS) is 10.9. The Hall–Kier alpha value is -1.43. The molecule has 0 amide bonds. The number of nitrogens with two attached hydrogens (primary N) is 1. The molecular weight excluding hydrogens is 254 g/mol. The van der Waals surface area contributed by atoms with Crippen molar-refractivity contribution in [3.8, 4) is 0 Å². The van der Waals surface area contributed by atoms with Gasteiger partial charge in [0.2, 0.25) is 0 Å². The van der Waals surface area contributed by atoms with Gasteiger partial charge in [-0.3, -0.25) is 5.41 Å². The molecule has 0 saturated heterocycles. The van der Waals surface area contributed by atoms with E-state index in [1.165, 1.54) is 5.56 Å². The van der Waals surface area contributed by atoms with Crippen molar-refractivity contribution < 1.29 is 9.47 Å². The lowest BCUT2D eigenvalue weighted by molar-refractivity contribution is 0.0660. The van der Waals surface area contributed by atoms with Crippen LogP contribution in [0.15, 0.2) is 24.3 Å². The Morgan fingerprint density at radius 2 is 2.10 bits per heavy atom. The molecule has 5 nitrogen and oxygen atoms in total. The summed E-state index contributed by atoms with van der Waals surface area (Å²) in [5, 5.41) is 7.44. The minimum Gasteiger partial charge on any atom is -0.384 e. The van der Waals surface area contributed by atoms with Gasteiger partial charge in [-0.15, -0.1) is 0 Å². The SMILES string of the molecule is COCCOCCCN(C)Cc1cccc(C(=N)N)c1. The summed E-state index contributed by atoms with van der Waals surface area (Å²) in [6.07, 6.45) is 0.993. The number of nitrogens with zero attached hydrogens (tertiary/aromatic N) is 1. The van der Waals surface area contributed by atoms with Crippen LogP contribution >= 0.6 is 0 Å². The summed E-state index contributed by atoms with van der Waals surface area (Å²) in [6, 6.07) is 7.81. The number of rotatable bonds is 10. The van der Waals surface area contributed by atoms with Gasteiger partial charge in [0.15, 0.2) is 0 Å². The van der Waals surface area contributed by atoms with E-state index in [1.807, 2.05) is 18.2 Å². The first-order valence-corrected chi connectivity index (χ1v) is 6.82. The number of nitrogens with one attached hydrogen (secondary N) is 1. The molecule has 5 heteroatoms. The maximum atomic E-state index is 7.44. The highest BCUT2D eigenvalue weighted by molar-refractivity contribution is 5.95. The minimum atomic E-state index is 0.112. The summed E-state index contributed by atoms with van der Waals surface area (Å²) in [5.74, 6) is 0.112. The lowest BCUT2D eigenvalue weighted by Crippen LogP contribution is -2.21. The second-order valence-electron chi connectivity index (χ2n) is 4.81. The van der Waals surface area contributed by atoms with Gasteiger partial charge in [-0.1, -0.05) is 18.2 Å². The molecule has 0 aromatic heterocycles. The van der Waals surface area contributed by atoms with Crippen molar-refractivity contribution in [1.82, 2.24) is 4.90 Å². The lowest BCUT2D eigenvalue weighted by atomic mass is 10.1. The Balaban J connectivity index is 2.26. The molecule has 0 aliphatic carbocycles. The Kier molecular flexibility index (Phi) is 7.87. The van der Waals surface area contributed by atoms with E-state index in [-0.39, 0.29) is 5.84 Å². The molecule has 1 aromatic carbocycles. The average Bonchev–Trinajstić information content (AvgIpc) is 2.43. The summed E-state index contributed by atoms with van der Waals surface area (Å²) in [6.45, 7) is 3.87. The van der Waals surface area contributed by atoms with E-state index in [2.05, 4.69) is 18.0 Å². The summed E-state index contributed by atoms with van der Waals surface area (Å²) in [5.41, 5.74) is 7.44. The fourth-order valence-electron chi connectivity index (χ4n) is 1.91. The van der Waals surface area contributed by atoms with Crippen molar-refractivity contribution in [1.29, 1.82) is 5.41 Å². The van der Waals surface area contributed by atoms with Crippen LogP contribution < -0.4 is 5.73 Å².